The van der Waals surface area contributed by atoms with Crippen molar-refractivity contribution in [3.05, 3.63) is 59.7 Å². The summed E-state index contributed by atoms with van der Waals surface area (Å²) in [5.74, 6) is -2.28. The van der Waals surface area contributed by atoms with Gasteiger partial charge in [-0.3, -0.25) is 9.59 Å². The quantitative estimate of drug-likeness (QED) is 0.451. The zero-order chi connectivity index (χ0) is 27.9. The Morgan fingerprint density at radius 2 is 1.58 bits per heavy atom. The summed E-state index contributed by atoms with van der Waals surface area (Å²) in [6, 6.07) is 8.64. The number of ether oxygens (including phenoxy) is 2. The van der Waals surface area contributed by atoms with Crippen molar-refractivity contribution in [2.75, 3.05) is 38.2 Å². The van der Waals surface area contributed by atoms with Gasteiger partial charge in [0.25, 0.3) is 0 Å². The van der Waals surface area contributed by atoms with Crippen LogP contribution in [0, 0.1) is 0 Å². The third-order valence-electron chi connectivity index (χ3n) is 5.79. The van der Waals surface area contributed by atoms with Gasteiger partial charge in [0.1, 0.15) is 5.75 Å². The molecule has 1 fully saturated rings. The largest absolute Gasteiger partial charge is 0.573 e. The van der Waals surface area contributed by atoms with Crippen molar-refractivity contribution in [1.82, 2.24) is 10.2 Å². The number of hydrogen-bond donors (Lipinski definition) is 2. The predicted molar refractivity (Wildman–Crippen MR) is 125 cm³/mol. The second-order valence-electron chi connectivity index (χ2n) is 8.73. The SMILES string of the molecule is C[C@@H](CNc1ccc(OC(F)(F)F)cc1)NC(=O)[C@@H](CC(=O)N1CCOCC1)c1ccc(C(F)(F)F)cc1. The van der Waals surface area contributed by atoms with Crippen molar-refractivity contribution in [2.24, 2.45) is 0 Å². The highest BCUT2D eigenvalue weighted by molar-refractivity contribution is 5.90. The fourth-order valence-electron chi connectivity index (χ4n) is 3.82. The van der Waals surface area contributed by atoms with E-state index in [1.54, 1.807) is 11.8 Å². The first kappa shape index (κ1) is 29.1. The third kappa shape index (κ3) is 8.82. The molecule has 3 rings (SSSR count). The zero-order valence-electron chi connectivity index (χ0n) is 20.4. The molecule has 2 N–H and O–H groups in total. The Kier molecular flexibility index (Phi) is 9.47. The maximum absolute atomic E-state index is 13.2. The highest BCUT2D eigenvalue weighted by atomic mass is 19.4. The molecule has 2 atom stereocenters. The van der Waals surface area contributed by atoms with Gasteiger partial charge in [0.05, 0.1) is 24.7 Å². The lowest BCUT2D eigenvalue weighted by Gasteiger charge is -2.29. The summed E-state index contributed by atoms with van der Waals surface area (Å²) < 4.78 is 85.0. The number of morpholine rings is 1. The van der Waals surface area contributed by atoms with Gasteiger partial charge in [-0.1, -0.05) is 12.1 Å². The average molecular weight is 547 g/mol. The maximum atomic E-state index is 13.2. The summed E-state index contributed by atoms with van der Waals surface area (Å²) in [6.45, 7) is 3.27. The fraction of sp³-hybridized carbons (Fsp3) is 0.440. The number of benzene rings is 2. The topological polar surface area (TPSA) is 79.9 Å². The number of alkyl halides is 6. The van der Waals surface area contributed by atoms with E-state index in [4.69, 9.17) is 4.74 Å². The molecule has 0 bridgehead atoms. The molecule has 0 aliphatic carbocycles. The van der Waals surface area contributed by atoms with Crippen LogP contribution in [-0.2, 0) is 20.5 Å². The molecular formula is C25H27F6N3O4. The van der Waals surface area contributed by atoms with Crippen LogP contribution in [0.4, 0.5) is 32.0 Å². The molecule has 1 saturated heterocycles. The van der Waals surface area contributed by atoms with E-state index < -0.39 is 36.0 Å². The third-order valence-corrected chi connectivity index (χ3v) is 5.79. The lowest BCUT2D eigenvalue weighted by molar-refractivity contribution is -0.274. The molecule has 7 nitrogen and oxygen atoms in total. The van der Waals surface area contributed by atoms with Crippen molar-refractivity contribution in [1.29, 1.82) is 0 Å². The monoisotopic (exact) mass is 547 g/mol. The van der Waals surface area contributed by atoms with E-state index in [1.165, 1.54) is 24.3 Å². The Balaban J connectivity index is 1.65. The van der Waals surface area contributed by atoms with Gasteiger partial charge in [-0.2, -0.15) is 13.2 Å². The van der Waals surface area contributed by atoms with Crippen LogP contribution in [0.15, 0.2) is 48.5 Å². The van der Waals surface area contributed by atoms with Crippen LogP contribution in [0.1, 0.15) is 30.4 Å². The van der Waals surface area contributed by atoms with E-state index in [2.05, 4.69) is 15.4 Å². The first-order valence-electron chi connectivity index (χ1n) is 11.7. The second-order valence-corrected chi connectivity index (χ2v) is 8.73. The lowest BCUT2D eigenvalue weighted by Crippen LogP contribution is -2.44. The maximum Gasteiger partial charge on any atom is 0.573 e. The van der Waals surface area contributed by atoms with Crippen LogP contribution in [0.25, 0.3) is 0 Å². The number of nitrogens with one attached hydrogen (secondary N) is 2. The van der Waals surface area contributed by atoms with E-state index in [0.29, 0.717) is 32.0 Å². The molecule has 1 aliphatic rings. The van der Waals surface area contributed by atoms with Gasteiger partial charge in [-0.15, -0.1) is 13.2 Å². The van der Waals surface area contributed by atoms with Crippen molar-refractivity contribution in [2.45, 2.75) is 37.8 Å². The first-order chi connectivity index (χ1) is 17.8. The van der Waals surface area contributed by atoms with Crippen LogP contribution in [-0.4, -0.2) is 62.0 Å². The highest BCUT2D eigenvalue weighted by Gasteiger charge is 2.33. The predicted octanol–water partition coefficient (Wildman–Crippen LogP) is 4.55. The van der Waals surface area contributed by atoms with Crippen molar-refractivity contribution < 1.29 is 45.4 Å². The number of hydrogen-bond acceptors (Lipinski definition) is 5. The molecule has 0 saturated carbocycles. The van der Waals surface area contributed by atoms with Gasteiger partial charge >= 0.3 is 12.5 Å². The normalized spacial score (nSPS) is 15.9. The molecule has 0 unspecified atom stereocenters. The van der Waals surface area contributed by atoms with E-state index in [-0.39, 0.29) is 30.2 Å². The molecule has 2 aromatic carbocycles. The Morgan fingerprint density at radius 1 is 0.974 bits per heavy atom. The standard InChI is InChI=1S/C25H27F6N3O4/c1-16(15-32-19-6-8-20(9-7-19)38-25(29,30)31)33-23(36)21(14-22(35)34-10-12-37-13-11-34)17-2-4-18(5-3-17)24(26,27)28/h2-9,16,21,32H,10-15H2,1H3,(H,33,36)/t16-,21-/m0/s1. The molecule has 1 heterocycles. The second kappa shape index (κ2) is 12.4. The molecule has 2 amide bonds. The van der Waals surface area contributed by atoms with Crippen molar-refractivity contribution in [3.63, 3.8) is 0 Å². The van der Waals surface area contributed by atoms with Crippen LogP contribution in [0.2, 0.25) is 0 Å². The Labute approximate surface area is 215 Å². The van der Waals surface area contributed by atoms with Gasteiger partial charge in [0.2, 0.25) is 11.8 Å². The van der Waals surface area contributed by atoms with E-state index in [1.807, 2.05) is 0 Å². The summed E-state index contributed by atoms with van der Waals surface area (Å²) >= 11 is 0. The smallest absolute Gasteiger partial charge is 0.406 e. The van der Waals surface area contributed by atoms with Crippen LogP contribution < -0.4 is 15.4 Å². The molecule has 0 radical (unpaired) electrons. The lowest BCUT2D eigenvalue weighted by atomic mass is 9.92. The first-order valence-corrected chi connectivity index (χ1v) is 11.7. The minimum Gasteiger partial charge on any atom is -0.406 e. The van der Waals surface area contributed by atoms with Crippen molar-refractivity contribution >= 4 is 17.5 Å². The van der Waals surface area contributed by atoms with Gasteiger partial charge in [-0.05, 0) is 48.9 Å². The van der Waals surface area contributed by atoms with Gasteiger partial charge in [-0.25, -0.2) is 0 Å². The van der Waals surface area contributed by atoms with Gasteiger partial charge in [0, 0.05) is 37.8 Å². The highest BCUT2D eigenvalue weighted by Crippen LogP contribution is 2.31. The minimum atomic E-state index is -4.81. The van der Waals surface area contributed by atoms with Crippen LogP contribution >= 0.6 is 0 Å². The van der Waals surface area contributed by atoms with Crippen molar-refractivity contribution in [3.8, 4) is 5.75 Å². The number of nitrogens with zero attached hydrogens (tertiary/aromatic N) is 1. The van der Waals surface area contributed by atoms with Gasteiger partial charge < -0.3 is 25.0 Å². The number of halogens is 6. The molecule has 38 heavy (non-hydrogen) atoms. The number of anilines is 1. The summed E-state index contributed by atoms with van der Waals surface area (Å²) in [7, 11) is 0. The molecule has 13 heteroatoms. The van der Waals surface area contributed by atoms with Crippen LogP contribution in [0.3, 0.4) is 0 Å². The number of rotatable bonds is 9. The number of carbonyl (C=O) groups is 2. The molecule has 2 aromatic rings. The van der Waals surface area contributed by atoms with E-state index >= 15 is 0 Å². The van der Waals surface area contributed by atoms with Gasteiger partial charge in [0.15, 0.2) is 0 Å². The number of carbonyl (C=O) groups excluding carboxylic acids is 2. The zero-order valence-corrected chi connectivity index (χ0v) is 20.4. The van der Waals surface area contributed by atoms with E-state index in [0.717, 1.165) is 24.3 Å². The molecule has 208 valence electrons. The average Bonchev–Trinajstić information content (AvgIpc) is 2.86. The van der Waals surface area contributed by atoms with Crippen LogP contribution in [0.5, 0.6) is 5.75 Å². The summed E-state index contributed by atoms with van der Waals surface area (Å²) in [4.78, 5) is 27.6. The molecule has 1 aliphatic heterocycles. The Bertz CT molecular complexity index is 1070. The molecular weight excluding hydrogens is 520 g/mol. The Hall–Kier alpha value is -3.48. The molecule has 0 aromatic heterocycles. The summed E-state index contributed by atoms with van der Waals surface area (Å²) in [5, 5.41) is 5.72. The Morgan fingerprint density at radius 3 is 2.13 bits per heavy atom. The summed E-state index contributed by atoms with van der Waals surface area (Å²) in [5.41, 5.74) is -0.135. The fourth-order valence-corrected chi connectivity index (χ4v) is 3.82. The number of amides is 2. The van der Waals surface area contributed by atoms with E-state index in [9.17, 15) is 35.9 Å². The minimum absolute atomic E-state index is 0.183. The summed E-state index contributed by atoms with van der Waals surface area (Å²) in [6.07, 6.45) is -9.59. The molecule has 0 spiro atoms.